The standard InChI is InChI=1S/C18H27N3O6/c1-18(2,3)27-17(25)13-10(16(24)26-4)6-12-14(22)20-8-9(7-19)5-11(20)15(23)21(12)13/h9-13H,5-8,19H2,1-4H3/t9-,10+,11+,12+,13+/m1/s1. The van der Waals surface area contributed by atoms with Crippen LogP contribution < -0.4 is 5.73 Å². The number of carbonyl (C=O) groups excluding carboxylic acids is 4. The molecule has 3 fully saturated rings. The number of esters is 2. The second-order valence-corrected chi connectivity index (χ2v) is 8.45. The van der Waals surface area contributed by atoms with Gasteiger partial charge in [-0.1, -0.05) is 0 Å². The number of ether oxygens (including phenoxy) is 2. The number of hydrogen-bond acceptors (Lipinski definition) is 7. The Labute approximate surface area is 158 Å². The van der Waals surface area contributed by atoms with Crippen LogP contribution in [-0.2, 0) is 28.7 Å². The number of carbonyl (C=O) groups is 4. The van der Waals surface area contributed by atoms with Crippen molar-refractivity contribution in [3.05, 3.63) is 0 Å². The first-order chi connectivity index (χ1) is 12.6. The number of nitrogens with zero attached hydrogens (tertiary/aromatic N) is 2. The molecule has 0 bridgehead atoms. The summed E-state index contributed by atoms with van der Waals surface area (Å²) in [6, 6.07) is -2.65. The number of amides is 2. The maximum Gasteiger partial charge on any atom is 0.330 e. The molecule has 3 saturated heterocycles. The fourth-order valence-corrected chi connectivity index (χ4v) is 4.33. The molecule has 9 nitrogen and oxygen atoms in total. The van der Waals surface area contributed by atoms with Gasteiger partial charge in [-0.15, -0.1) is 0 Å². The fourth-order valence-electron chi connectivity index (χ4n) is 4.33. The van der Waals surface area contributed by atoms with Gasteiger partial charge < -0.3 is 25.0 Å². The van der Waals surface area contributed by atoms with E-state index in [1.807, 2.05) is 0 Å². The summed E-state index contributed by atoms with van der Waals surface area (Å²) in [5, 5.41) is 0. The predicted molar refractivity (Wildman–Crippen MR) is 93.1 cm³/mol. The molecule has 0 spiro atoms. The highest BCUT2D eigenvalue weighted by Gasteiger charge is 2.61. The van der Waals surface area contributed by atoms with Crippen molar-refractivity contribution in [2.75, 3.05) is 20.2 Å². The quantitative estimate of drug-likeness (QED) is 0.641. The van der Waals surface area contributed by atoms with Crippen molar-refractivity contribution in [2.24, 2.45) is 17.6 Å². The van der Waals surface area contributed by atoms with Crippen LogP contribution in [0.15, 0.2) is 0 Å². The highest BCUT2D eigenvalue weighted by Crippen LogP contribution is 2.40. The van der Waals surface area contributed by atoms with Crippen LogP contribution in [0.4, 0.5) is 0 Å². The van der Waals surface area contributed by atoms with E-state index in [2.05, 4.69) is 0 Å². The average molecular weight is 381 g/mol. The summed E-state index contributed by atoms with van der Waals surface area (Å²) in [5.74, 6) is -2.75. The summed E-state index contributed by atoms with van der Waals surface area (Å²) in [7, 11) is 1.22. The molecular formula is C18H27N3O6. The Balaban J connectivity index is 1.95. The second-order valence-electron chi connectivity index (χ2n) is 8.45. The number of methoxy groups -OCH3 is 1. The SMILES string of the molecule is COC(=O)[C@H]1C[C@H]2C(=O)N3C[C@@H](CN)C[C@H]3C(=O)N2[C@@H]1C(=O)OC(C)(C)C. The number of rotatable bonds is 3. The Morgan fingerprint density at radius 3 is 2.33 bits per heavy atom. The van der Waals surface area contributed by atoms with Gasteiger partial charge in [0.1, 0.15) is 23.7 Å². The summed E-state index contributed by atoms with van der Waals surface area (Å²) in [6.07, 6.45) is 0.520. The van der Waals surface area contributed by atoms with Crippen LogP contribution in [0.1, 0.15) is 33.6 Å². The normalized spacial score (nSPS) is 33.0. The molecule has 150 valence electrons. The van der Waals surface area contributed by atoms with E-state index >= 15 is 0 Å². The molecule has 0 aromatic heterocycles. The van der Waals surface area contributed by atoms with E-state index in [1.54, 1.807) is 25.7 Å². The van der Waals surface area contributed by atoms with Gasteiger partial charge in [-0.25, -0.2) is 4.79 Å². The summed E-state index contributed by atoms with van der Waals surface area (Å²) in [5.41, 5.74) is 4.93. The molecule has 3 aliphatic heterocycles. The molecule has 0 saturated carbocycles. The predicted octanol–water partition coefficient (Wildman–Crippen LogP) is -0.724. The van der Waals surface area contributed by atoms with Crippen molar-refractivity contribution in [3.8, 4) is 0 Å². The Hall–Kier alpha value is -2.16. The summed E-state index contributed by atoms with van der Waals surface area (Å²) >= 11 is 0. The monoisotopic (exact) mass is 381 g/mol. The molecule has 9 heteroatoms. The van der Waals surface area contributed by atoms with E-state index in [0.717, 1.165) is 0 Å². The number of fused-ring (bicyclic) bond motifs is 2. The molecule has 0 radical (unpaired) electrons. The molecule has 0 aromatic carbocycles. The van der Waals surface area contributed by atoms with Gasteiger partial charge in [0.05, 0.1) is 13.0 Å². The summed E-state index contributed by atoms with van der Waals surface area (Å²) in [4.78, 5) is 54.1. The van der Waals surface area contributed by atoms with E-state index in [1.165, 1.54) is 12.0 Å². The van der Waals surface area contributed by atoms with Gasteiger partial charge in [0.15, 0.2) is 0 Å². The third-order valence-corrected chi connectivity index (χ3v) is 5.47. The Bertz CT molecular complexity index is 672. The minimum atomic E-state index is -1.16. The number of piperazine rings is 1. The van der Waals surface area contributed by atoms with Gasteiger partial charge >= 0.3 is 11.9 Å². The van der Waals surface area contributed by atoms with E-state index in [9.17, 15) is 19.2 Å². The van der Waals surface area contributed by atoms with Crippen molar-refractivity contribution in [2.45, 2.75) is 57.3 Å². The van der Waals surface area contributed by atoms with Crippen molar-refractivity contribution >= 4 is 23.8 Å². The average Bonchev–Trinajstić information content (AvgIpc) is 3.19. The smallest absolute Gasteiger partial charge is 0.330 e. The topological polar surface area (TPSA) is 119 Å². The van der Waals surface area contributed by atoms with Crippen molar-refractivity contribution < 1.29 is 28.7 Å². The van der Waals surface area contributed by atoms with Gasteiger partial charge in [0, 0.05) is 6.54 Å². The molecule has 3 heterocycles. The first-order valence-corrected chi connectivity index (χ1v) is 9.22. The van der Waals surface area contributed by atoms with Crippen LogP contribution in [0, 0.1) is 11.8 Å². The molecule has 3 aliphatic rings. The van der Waals surface area contributed by atoms with Crippen molar-refractivity contribution in [1.29, 1.82) is 0 Å². The second kappa shape index (κ2) is 6.78. The lowest BCUT2D eigenvalue weighted by atomic mass is 9.98. The van der Waals surface area contributed by atoms with Gasteiger partial charge in [-0.2, -0.15) is 0 Å². The Morgan fingerprint density at radius 1 is 1.11 bits per heavy atom. The Morgan fingerprint density at radius 2 is 1.78 bits per heavy atom. The molecule has 0 aromatic rings. The number of hydrogen-bond donors (Lipinski definition) is 1. The molecule has 5 atom stereocenters. The zero-order chi connectivity index (χ0) is 20.1. The maximum absolute atomic E-state index is 13.2. The highest BCUT2D eigenvalue weighted by molar-refractivity contribution is 6.02. The third-order valence-electron chi connectivity index (χ3n) is 5.47. The third kappa shape index (κ3) is 3.28. The van der Waals surface area contributed by atoms with E-state index < -0.39 is 41.6 Å². The minimum absolute atomic E-state index is 0.0532. The first-order valence-electron chi connectivity index (χ1n) is 9.22. The minimum Gasteiger partial charge on any atom is -0.469 e. The molecule has 2 amide bonds. The summed E-state index contributed by atoms with van der Waals surface area (Å²) < 4.78 is 10.3. The largest absolute Gasteiger partial charge is 0.469 e. The van der Waals surface area contributed by atoms with Gasteiger partial charge in [0.25, 0.3) is 0 Å². The molecule has 27 heavy (non-hydrogen) atoms. The van der Waals surface area contributed by atoms with Gasteiger partial charge in [0.2, 0.25) is 11.8 Å². The first kappa shape index (κ1) is 19.6. The lowest BCUT2D eigenvalue weighted by Crippen LogP contribution is -2.63. The molecule has 3 rings (SSSR count). The number of nitrogens with two attached hydrogens (primary N) is 1. The maximum atomic E-state index is 13.2. The van der Waals surface area contributed by atoms with E-state index in [-0.39, 0.29) is 24.2 Å². The van der Waals surface area contributed by atoms with Crippen LogP contribution in [0.2, 0.25) is 0 Å². The zero-order valence-electron chi connectivity index (χ0n) is 16.1. The van der Waals surface area contributed by atoms with Crippen molar-refractivity contribution in [1.82, 2.24) is 9.80 Å². The molecule has 0 aliphatic carbocycles. The van der Waals surface area contributed by atoms with Gasteiger partial charge in [-0.3, -0.25) is 14.4 Å². The van der Waals surface area contributed by atoms with Crippen LogP contribution >= 0.6 is 0 Å². The van der Waals surface area contributed by atoms with Crippen LogP contribution in [0.3, 0.4) is 0 Å². The van der Waals surface area contributed by atoms with E-state index in [0.29, 0.717) is 19.5 Å². The van der Waals surface area contributed by atoms with Crippen LogP contribution in [-0.4, -0.2) is 77.5 Å². The van der Waals surface area contributed by atoms with Gasteiger partial charge in [-0.05, 0) is 46.1 Å². The lowest BCUT2D eigenvalue weighted by molar-refractivity contribution is -0.173. The fraction of sp³-hybridized carbons (Fsp3) is 0.778. The molecular weight excluding hydrogens is 354 g/mol. The van der Waals surface area contributed by atoms with E-state index in [4.69, 9.17) is 15.2 Å². The molecule has 2 N–H and O–H groups in total. The van der Waals surface area contributed by atoms with Crippen LogP contribution in [0.25, 0.3) is 0 Å². The Kier molecular flexibility index (Phi) is 4.92. The highest BCUT2D eigenvalue weighted by atomic mass is 16.6. The molecule has 0 unspecified atom stereocenters. The van der Waals surface area contributed by atoms with Crippen molar-refractivity contribution in [3.63, 3.8) is 0 Å². The lowest BCUT2D eigenvalue weighted by Gasteiger charge is -2.40. The zero-order valence-corrected chi connectivity index (χ0v) is 16.1. The summed E-state index contributed by atoms with van der Waals surface area (Å²) in [6.45, 7) is 5.93. The van der Waals surface area contributed by atoms with Crippen LogP contribution in [0.5, 0.6) is 0 Å².